The van der Waals surface area contributed by atoms with Crippen LogP contribution in [0.2, 0.25) is 0 Å². The number of carbonyl (C=O) groups is 2. The van der Waals surface area contributed by atoms with E-state index in [2.05, 4.69) is 36.4 Å². The number of aryl methyl sites for hydroxylation is 3. The lowest BCUT2D eigenvalue weighted by atomic mass is 10.0. The van der Waals surface area contributed by atoms with E-state index in [-0.39, 0.29) is 39.3 Å². The first-order chi connectivity index (χ1) is 16.9. The van der Waals surface area contributed by atoms with Crippen LogP contribution in [0.15, 0.2) is 22.9 Å². The number of rotatable bonds is 7. The molecule has 36 heavy (non-hydrogen) atoms. The van der Waals surface area contributed by atoms with Crippen molar-refractivity contribution in [1.82, 2.24) is 24.5 Å². The first-order valence-electron chi connectivity index (χ1n) is 10.8. The third-order valence-electron chi connectivity index (χ3n) is 5.59. The van der Waals surface area contributed by atoms with Crippen molar-refractivity contribution in [2.45, 2.75) is 46.5 Å². The number of amides is 2. The fraction of sp³-hybridized carbons (Fsp3) is 0.318. The highest BCUT2D eigenvalue weighted by molar-refractivity contribution is 9.10. The molecule has 0 aromatic carbocycles. The van der Waals surface area contributed by atoms with Gasteiger partial charge in [0.2, 0.25) is 5.91 Å². The van der Waals surface area contributed by atoms with Gasteiger partial charge in [-0.05, 0) is 48.3 Å². The Kier molecular flexibility index (Phi) is 6.92. The highest BCUT2D eigenvalue weighted by Crippen LogP contribution is 2.44. The third-order valence-corrected chi connectivity index (χ3v) is 7.46. The molecule has 0 aliphatic heterocycles. The van der Waals surface area contributed by atoms with E-state index in [1.807, 2.05) is 13.8 Å². The van der Waals surface area contributed by atoms with Gasteiger partial charge >= 0.3 is 6.18 Å². The van der Waals surface area contributed by atoms with E-state index in [1.165, 1.54) is 6.20 Å². The number of anilines is 1. The van der Waals surface area contributed by atoms with Crippen LogP contribution in [-0.4, -0.2) is 36.4 Å². The van der Waals surface area contributed by atoms with E-state index in [0.29, 0.717) is 29.1 Å². The fourth-order valence-electron chi connectivity index (χ4n) is 3.80. The van der Waals surface area contributed by atoms with E-state index in [1.54, 1.807) is 22.5 Å². The van der Waals surface area contributed by atoms with Crippen LogP contribution in [0.25, 0.3) is 21.3 Å². The van der Waals surface area contributed by atoms with Crippen molar-refractivity contribution >= 4 is 55.0 Å². The summed E-state index contributed by atoms with van der Waals surface area (Å²) in [4.78, 5) is 28.7. The van der Waals surface area contributed by atoms with E-state index < -0.39 is 23.7 Å². The van der Waals surface area contributed by atoms with Gasteiger partial charge in [0.1, 0.15) is 15.4 Å². The summed E-state index contributed by atoms with van der Waals surface area (Å²) >= 11 is 4.06. The van der Waals surface area contributed by atoms with Gasteiger partial charge in [0.05, 0.1) is 22.1 Å². The fourth-order valence-corrected chi connectivity index (χ4v) is 5.13. The normalized spacial score (nSPS) is 11.9. The molecule has 4 aromatic heterocycles. The average molecular weight is 584 g/mol. The Balaban J connectivity index is 1.83. The van der Waals surface area contributed by atoms with E-state index in [0.717, 1.165) is 16.2 Å². The molecule has 0 saturated carbocycles. The Bertz CT molecular complexity index is 1470. The lowest BCUT2D eigenvalue weighted by molar-refractivity contribution is -0.140. The zero-order valence-electron chi connectivity index (χ0n) is 19.4. The predicted molar refractivity (Wildman–Crippen MR) is 133 cm³/mol. The monoisotopic (exact) mass is 583 g/mol. The number of hydrogen-bond acceptors (Lipinski definition) is 6. The van der Waals surface area contributed by atoms with Crippen LogP contribution in [0, 0.1) is 13.8 Å². The van der Waals surface area contributed by atoms with Gasteiger partial charge in [-0.3, -0.25) is 19.0 Å². The molecule has 2 amide bonds. The zero-order chi connectivity index (χ0) is 26.4. The van der Waals surface area contributed by atoms with Crippen LogP contribution in [0.5, 0.6) is 0 Å². The van der Waals surface area contributed by atoms with Gasteiger partial charge in [-0.1, -0.05) is 0 Å². The molecular weight excluding hydrogens is 563 g/mol. The summed E-state index contributed by atoms with van der Waals surface area (Å²) < 4.78 is 45.1. The summed E-state index contributed by atoms with van der Waals surface area (Å²) in [6, 6.07) is 0.906. The summed E-state index contributed by atoms with van der Waals surface area (Å²) in [6.07, 6.45) is -1.54. The standard InChI is InChI=1S/C22H21BrF3N7O2S/c1-4-33-11(3)13(8-28-33)12-7-15(22(24,25)26)29-21-17(12)18(19(36-21)20(27)35)30-16(34)5-6-32-9-14(23)10(2)31-32/h7-9H,4-6H2,1-3H3,(H2,27,35)(H,30,34). The number of aromatic nitrogens is 5. The Labute approximate surface area is 215 Å². The second-order valence-corrected chi connectivity index (χ2v) is 9.84. The SMILES string of the molecule is CCn1ncc(-c2cc(C(F)(F)F)nc3sc(C(N)=O)c(NC(=O)CCn4cc(Br)c(C)n4)c23)c1C. The zero-order valence-corrected chi connectivity index (χ0v) is 21.8. The van der Waals surface area contributed by atoms with E-state index >= 15 is 0 Å². The maximum absolute atomic E-state index is 13.7. The molecule has 9 nitrogen and oxygen atoms in total. The number of nitrogens with two attached hydrogens (primary N) is 1. The molecule has 0 atom stereocenters. The molecule has 190 valence electrons. The minimum Gasteiger partial charge on any atom is -0.365 e. The maximum Gasteiger partial charge on any atom is 0.433 e. The number of halogens is 4. The molecule has 14 heteroatoms. The molecule has 4 rings (SSSR count). The number of primary amides is 1. The lowest BCUT2D eigenvalue weighted by Gasteiger charge is -2.12. The summed E-state index contributed by atoms with van der Waals surface area (Å²) in [6.45, 7) is 6.15. The Morgan fingerprint density at radius 3 is 2.53 bits per heavy atom. The van der Waals surface area contributed by atoms with Crippen LogP contribution in [0.1, 0.15) is 40.1 Å². The van der Waals surface area contributed by atoms with Crippen molar-refractivity contribution < 1.29 is 22.8 Å². The van der Waals surface area contributed by atoms with Gasteiger partial charge in [-0.15, -0.1) is 11.3 Å². The quantitative estimate of drug-likeness (QED) is 0.320. The Morgan fingerprint density at radius 2 is 1.97 bits per heavy atom. The van der Waals surface area contributed by atoms with Crippen LogP contribution in [0.3, 0.4) is 0 Å². The number of alkyl halides is 3. The number of fused-ring (bicyclic) bond motifs is 1. The number of carbonyl (C=O) groups excluding carboxylic acids is 2. The Morgan fingerprint density at radius 1 is 1.25 bits per heavy atom. The number of nitrogens with zero attached hydrogens (tertiary/aromatic N) is 5. The van der Waals surface area contributed by atoms with Crippen molar-refractivity contribution in [2.75, 3.05) is 5.32 Å². The number of nitrogens with one attached hydrogen (secondary N) is 1. The number of thiophene rings is 1. The van der Waals surface area contributed by atoms with Gasteiger partial charge in [-0.2, -0.15) is 23.4 Å². The van der Waals surface area contributed by atoms with Crippen LogP contribution in [-0.2, 0) is 24.1 Å². The molecular formula is C22H21BrF3N7O2S. The van der Waals surface area contributed by atoms with Gasteiger partial charge in [-0.25, -0.2) is 4.98 Å². The molecule has 4 aromatic rings. The van der Waals surface area contributed by atoms with Gasteiger partial charge in [0.25, 0.3) is 5.91 Å². The second kappa shape index (κ2) is 9.65. The smallest absolute Gasteiger partial charge is 0.365 e. The van der Waals surface area contributed by atoms with Crippen LogP contribution in [0.4, 0.5) is 18.9 Å². The third kappa shape index (κ3) is 4.87. The topological polar surface area (TPSA) is 121 Å². The lowest BCUT2D eigenvalue weighted by Crippen LogP contribution is -2.18. The first kappa shape index (κ1) is 25.8. The predicted octanol–water partition coefficient (Wildman–Crippen LogP) is 4.90. The largest absolute Gasteiger partial charge is 0.433 e. The molecule has 0 saturated heterocycles. The number of hydrogen-bond donors (Lipinski definition) is 2. The molecule has 0 unspecified atom stereocenters. The highest BCUT2D eigenvalue weighted by Gasteiger charge is 2.35. The average Bonchev–Trinajstić information content (AvgIpc) is 3.46. The number of pyridine rings is 1. The van der Waals surface area contributed by atoms with Crippen molar-refractivity contribution in [3.63, 3.8) is 0 Å². The molecule has 0 bridgehead atoms. The second-order valence-electron chi connectivity index (χ2n) is 7.99. The summed E-state index contributed by atoms with van der Waals surface area (Å²) in [5.41, 5.74) is 6.41. The first-order valence-corrected chi connectivity index (χ1v) is 12.4. The maximum atomic E-state index is 13.7. The minimum atomic E-state index is -4.73. The van der Waals surface area contributed by atoms with Crippen LogP contribution < -0.4 is 11.1 Å². The molecule has 0 radical (unpaired) electrons. The van der Waals surface area contributed by atoms with E-state index in [4.69, 9.17) is 5.73 Å². The molecule has 0 aliphatic rings. The van der Waals surface area contributed by atoms with E-state index in [9.17, 15) is 22.8 Å². The van der Waals surface area contributed by atoms with Crippen molar-refractivity contribution in [3.05, 3.63) is 44.9 Å². The summed E-state index contributed by atoms with van der Waals surface area (Å²) in [5, 5.41) is 11.4. The Hall–Kier alpha value is -3.26. The van der Waals surface area contributed by atoms with Gasteiger partial charge in [0.15, 0.2) is 0 Å². The molecule has 0 spiro atoms. The van der Waals surface area contributed by atoms with Crippen molar-refractivity contribution in [1.29, 1.82) is 0 Å². The minimum absolute atomic E-state index is 0.000701. The highest BCUT2D eigenvalue weighted by atomic mass is 79.9. The molecule has 3 N–H and O–H groups in total. The summed E-state index contributed by atoms with van der Waals surface area (Å²) in [7, 11) is 0. The van der Waals surface area contributed by atoms with Crippen molar-refractivity contribution in [3.8, 4) is 11.1 Å². The van der Waals surface area contributed by atoms with Gasteiger partial charge in [0, 0.05) is 42.4 Å². The van der Waals surface area contributed by atoms with Gasteiger partial charge < -0.3 is 11.1 Å². The molecule has 4 heterocycles. The molecule has 0 aliphatic carbocycles. The van der Waals surface area contributed by atoms with Crippen LogP contribution >= 0.6 is 27.3 Å². The summed E-state index contributed by atoms with van der Waals surface area (Å²) in [5.74, 6) is -1.35. The molecule has 0 fully saturated rings. The van der Waals surface area contributed by atoms with Crippen molar-refractivity contribution in [2.24, 2.45) is 5.73 Å².